The summed E-state index contributed by atoms with van der Waals surface area (Å²) in [6.45, 7) is 6.08. The van der Waals surface area contributed by atoms with Gasteiger partial charge in [0.05, 0.1) is 5.41 Å². The van der Waals surface area contributed by atoms with Crippen LogP contribution in [0.2, 0.25) is 0 Å². The molecule has 0 aliphatic carbocycles. The number of thioether (sulfide) groups is 1. The Labute approximate surface area is 120 Å². The summed E-state index contributed by atoms with van der Waals surface area (Å²) >= 11 is 1.59. The molecule has 5 nitrogen and oxygen atoms in total. The Hall–Kier alpha value is -0.270. The van der Waals surface area contributed by atoms with Crippen molar-refractivity contribution in [1.29, 1.82) is 0 Å². The van der Waals surface area contributed by atoms with Crippen molar-refractivity contribution in [3.63, 3.8) is 0 Å². The molecule has 0 saturated carbocycles. The molecule has 112 valence electrons. The summed E-state index contributed by atoms with van der Waals surface area (Å²) in [6.07, 6.45) is 0.616. The van der Waals surface area contributed by atoms with Crippen LogP contribution in [0.1, 0.15) is 27.2 Å². The van der Waals surface area contributed by atoms with E-state index in [-0.39, 0.29) is 18.2 Å². The molecular weight excluding hydrogens is 284 g/mol. The van der Waals surface area contributed by atoms with Crippen LogP contribution in [0.5, 0.6) is 0 Å². The number of carbonyl (C=O) groups excluding carboxylic acids is 1. The number of nitrogens with two attached hydrogens (primary N) is 1. The molecule has 0 aromatic rings. The normalized spacial score (nSPS) is 24.0. The average Bonchev–Trinajstić information content (AvgIpc) is 2.45. The molecule has 1 fully saturated rings. The zero-order valence-corrected chi connectivity index (χ0v) is 13.5. The largest absolute Gasteiger partial charge is 0.329 e. The van der Waals surface area contributed by atoms with E-state index in [1.165, 1.54) is 4.90 Å². The van der Waals surface area contributed by atoms with Gasteiger partial charge in [-0.3, -0.25) is 4.79 Å². The Kier molecular flexibility index (Phi) is 5.70. The van der Waals surface area contributed by atoms with Gasteiger partial charge in [-0.05, 0) is 13.3 Å². The molecule has 1 aliphatic rings. The van der Waals surface area contributed by atoms with Crippen LogP contribution in [0.4, 0.5) is 0 Å². The number of amides is 1. The van der Waals surface area contributed by atoms with Crippen molar-refractivity contribution in [3.05, 3.63) is 0 Å². The lowest BCUT2D eigenvalue weighted by atomic mass is 9.86. The minimum Gasteiger partial charge on any atom is -0.329 e. The second-order valence-electron chi connectivity index (χ2n) is 5.10. The molecule has 1 saturated heterocycles. The molecule has 2 N–H and O–H groups in total. The average molecular weight is 308 g/mol. The highest BCUT2D eigenvalue weighted by atomic mass is 32.2. The zero-order valence-electron chi connectivity index (χ0n) is 11.9. The zero-order chi connectivity index (χ0) is 14.7. The summed E-state index contributed by atoms with van der Waals surface area (Å²) in [7, 11) is -3.25. The van der Waals surface area contributed by atoms with Gasteiger partial charge >= 0.3 is 0 Å². The SMILES string of the molecule is CCC(C)(CN)C(=O)N1CCSCC1S(=O)(=O)CC. The van der Waals surface area contributed by atoms with Gasteiger partial charge in [-0.1, -0.05) is 13.8 Å². The molecule has 0 radical (unpaired) electrons. The van der Waals surface area contributed by atoms with E-state index in [2.05, 4.69) is 0 Å². The summed E-state index contributed by atoms with van der Waals surface area (Å²) in [5.41, 5.74) is 5.05. The predicted octanol–water partition coefficient (Wildman–Crippen LogP) is 0.698. The van der Waals surface area contributed by atoms with Crippen molar-refractivity contribution in [1.82, 2.24) is 4.90 Å². The van der Waals surface area contributed by atoms with Crippen molar-refractivity contribution < 1.29 is 13.2 Å². The summed E-state index contributed by atoms with van der Waals surface area (Å²) < 4.78 is 24.3. The smallest absolute Gasteiger partial charge is 0.230 e. The molecule has 0 spiro atoms. The summed E-state index contributed by atoms with van der Waals surface area (Å²) in [5, 5.41) is -0.693. The maximum atomic E-state index is 12.6. The first-order valence-corrected chi connectivity index (χ1v) is 9.50. The highest BCUT2D eigenvalue weighted by Gasteiger charge is 2.42. The van der Waals surface area contributed by atoms with Crippen molar-refractivity contribution in [2.24, 2.45) is 11.1 Å². The monoisotopic (exact) mass is 308 g/mol. The first kappa shape index (κ1) is 16.8. The minimum atomic E-state index is -3.25. The molecule has 0 aromatic carbocycles. The molecule has 1 rings (SSSR count). The number of hydrogen-bond donors (Lipinski definition) is 1. The molecule has 19 heavy (non-hydrogen) atoms. The van der Waals surface area contributed by atoms with Crippen LogP contribution in [0.3, 0.4) is 0 Å². The highest BCUT2D eigenvalue weighted by molar-refractivity contribution is 8.01. The molecule has 0 bridgehead atoms. The number of rotatable bonds is 5. The molecule has 2 unspecified atom stereocenters. The standard InChI is InChI=1S/C12H24N2O3S2/c1-4-12(3,9-13)11(15)14-6-7-18-8-10(14)19(16,17)5-2/h10H,4-9,13H2,1-3H3. The summed E-state index contributed by atoms with van der Waals surface area (Å²) in [6, 6.07) is 0. The predicted molar refractivity (Wildman–Crippen MR) is 79.7 cm³/mol. The molecule has 7 heteroatoms. The van der Waals surface area contributed by atoms with Crippen molar-refractivity contribution in [2.45, 2.75) is 32.6 Å². The molecule has 0 aromatic heterocycles. The molecule has 1 amide bonds. The number of sulfone groups is 1. The van der Waals surface area contributed by atoms with Gasteiger partial charge in [0.25, 0.3) is 0 Å². The van der Waals surface area contributed by atoms with E-state index in [0.717, 1.165) is 5.75 Å². The number of hydrogen-bond acceptors (Lipinski definition) is 5. The maximum absolute atomic E-state index is 12.6. The quantitative estimate of drug-likeness (QED) is 0.808. The van der Waals surface area contributed by atoms with Crippen molar-refractivity contribution in [3.8, 4) is 0 Å². The topological polar surface area (TPSA) is 80.5 Å². The first-order chi connectivity index (χ1) is 8.82. The fourth-order valence-corrected chi connectivity index (χ4v) is 5.00. The Morgan fingerprint density at radius 1 is 1.47 bits per heavy atom. The van der Waals surface area contributed by atoms with Crippen LogP contribution >= 0.6 is 11.8 Å². The highest BCUT2D eigenvalue weighted by Crippen LogP contribution is 2.29. The van der Waals surface area contributed by atoms with Gasteiger partial charge in [0.1, 0.15) is 5.37 Å². The van der Waals surface area contributed by atoms with Crippen molar-refractivity contribution in [2.75, 3.05) is 30.3 Å². The minimum absolute atomic E-state index is 0.0630. The third kappa shape index (κ3) is 3.44. The van der Waals surface area contributed by atoms with E-state index in [0.29, 0.717) is 18.7 Å². The Bertz CT molecular complexity index is 419. The summed E-state index contributed by atoms with van der Waals surface area (Å²) in [4.78, 5) is 14.2. The van der Waals surface area contributed by atoms with Gasteiger partial charge < -0.3 is 10.6 Å². The number of carbonyl (C=O) groups is 1. The lowest BCUT2D eigenvalue weighted by Gasteiger charge is -2.40. The van der Waals surface area contributed by atoms with Gasteiger partial charge in [0.15, 0.2) is 9.84 Å². The molecular formula is C12H24N2O3S2. The Morgan fingerprint density at radius 2 is 2.11 bits per heavy atom. The van der Waals surface area contributed by atoms with Crippen LogP contribution in [0, 0.1) is 5.41 Å². The van der Waals surface area contributed by atoms with E-state index in [4.69, 9.17) is 5.73 Å². The van der Waals surface area contributed by atoms with E-state index in [9.17, 15) is 13.2 Å². The van der Waals surface area contributed by atoms with Gasteiger partial charge in [-0.15, -0.1) is 0 Å². The van der Waals surface area contributed by atoms with Crippen LogP contribution in [0.15, 0.2) is 0 Å². The maximum Gasteiger partial charge on any atom is 0.230 e. The third-order valence-electron chi connectivity index (χ3n) is 3.91. The Morgan fingerprint density at radius 3 is 2.58 bits per heavy atom. The number of nitrogens with zero attached hydrogens (tertiary/aromatic N) is 1. The second kappa shape index (κ2) is 6.45. The van der Waals surface area contributed by atoms with E-state index in [1.807, 2.05) is 13.8 Å². The molecule has 1 aliphatic heterocycles. The van der Waals surface area contributed by atoms with E-state index < -0.39 is 20.6 Å². The lowest BCUT2D eigenvalue weighted by Crippen LogP contribution is -2.56. The first-order valence-electron chi connectivity index (χ1n) is 6.63. The van der Waals surface area contributed by atoms with E-state index >= 15 is 0 Å². The lowest BCUT2D eigenvalue weighted by molar-refractivity contribution is -0.141. The van der Waals surface area contributed by atoms with Gasteiger partial charge in [-0.2, -0.15) is 11.8 Å². The van der Waals surface area contributed by atoms with Gasteiger partial charge in [-0.25, -0.2) is 8.42 Å². The van der Waals surface area contributed by atoms with Crippen LogP contribution in [-0.4, -0.2) is 54.9 Å². The van der Waals surface area contributed by atoms with E-state index in [1.54, 1.807) is 18.7 Å². The van der Waals surface area contributed by atoms with Crippen LogP contribution in [0.25, 0.3) is 0 Å². The third-order valence-corrected chi connectivity index (χ3v) is 7.20. The molecule has 1 heterocycles. The van der Waals surface area contributed by atoms with Crippen LogP contribution < -0.4 is 5.73 Å². The molecule has 2 atom stereocenters. The van der Waals surface area contributed by atoms with Gasteiger partial charge in [0, 0.05) is 30.3 Å². The van der Waals surface area contributed by atoms with Gasteiger partial charge in [0.2, 0.25) is 5.91 Å². The van der Waals surface area contributed by atoms with Crippen LogP contribution in [-0.2, 0) is 14.6 Å². The summed E-state index contributed by atoms with van der Waals surface area (Å²) in [5.74, 6) is 1.19. The second-order valence-corrected chi connectivity index (χ2v) is 8.70. The van der Waals surface area contributed by atoms with Crippen molar-refractivity contribution >= 4 is 27.5 Å². The fourth-order valence-electron chi connectivity index (χ4n) is 2.03. The Balaban J connectivity index is 3.04. The fraction of sp³-hybridized carbons (Fsp3) is 0.917.